The highest BCUT2D eigenvalue weighted by atomic mass is 19.1. The molecule has 1 aromatic rings. The van der Waals surface area contributed by atoms with Crippen molar-refractivity contribution in [3.8, 4) is 11.8 Å². The number of rotatable bonds is 6. The van der Waals surface area contributed by atoms with Crippen LogP contribution in [-0.2, 0) is 6.54 Å². The summed E-state index contributed by atoms with van der Waals surface area (Å²) < 4.78 is 13.5. The average molecular weight is 263 g/mol. The van der Waals surface area contributed by atoms with Gasteiger partial charge in [-0.25, -0.2) is 4.39 Å². The van der Waals surface area contributed by atoms with Crippen LogP contribution in [0.2, 0.25) is 0 Å². The minimum atomic E-state index is -0.332. The second-order valence-corrected chi connectivity index (χ2v) is 4.50. The summed E-state index contributed by atoms with van der Waals surface area (Å²) in [5.74, 6) is 4.80. The molecule has 0 bridgehead atoms. The largest absolute Gasteiger partial charge is 0.384 e. The third kappa shape index (κ3) is 5.42. The third-order valence-electron chi connectivity index (χ3n) is 3.01. The molecule has 19 heavy (non-hydrogen) atoms. The Balaban J connectivity index is 2.77. The van der Waals surface area contributed by atoms with Crippen molar-refractivity contribution >= 4 is 0 Å². The molecule has 104 valence electrons. The minimum Gasteiger partial charge on any atom is -0.384 e. The van der Waals surface area contributed by atoms with Crippen LogP contribution in [0, 0.1) is 17.7 Å². The van der Waals surface area contributed by atoms with Crippen LogP contribution in [0.4, 0.5) is 4.39 Å². The van der Waals surface area contributed by atoms with Gasteiger partial charge in [-0.15, -0.1) is 0 Å². The second kappa shape index (κ2) is 8.68. The third-order valence-corrected chi connectivity index (χ3v) is 3.01. The number of aliphatic hydroxyl groups excluding tert-OH is 1. The molecule has 0 fully saturated rings. The molecule has 0 saturated heterocycles. The molecule has 0 aliphatic heterocycles. The highest BCUT2D eigenvalue weighted by Gasteiger charge is 2.06. The molecule has 2 nitrogen and oxygen atoms in total. The molecule has 0 spiro atoms. The number of nitrogens with zero attached hydrogens (tertiary/aromatic N) is 1. The molecule has 0 atom stereocenters. The van der Waals surface area contributed by atoms with E-state index in [1.165, 1.54) is 18.9 Å². The van der Waals surface area contributed by atoms with E-state index in [2.05, 4.69) is 30.6 Å². The second-order valence-electron chi connectivity index (χ2n) is 4.50. The van der Waals surface area contributed by atoms with Gasteiger partial charge in [0.15, 0.2) is 0 Å². The van der Waals surface area contributed by atoms with E-state index in [1.807, 2.05) is 0 Å². The lowest BCUT2D eigenvalue weighted by Crippen LogP contribution is -2.24. The highest BCUT2D eigenvalue weighted by Crippen LogP contribution is 2.12. The molecule has 0 radical (unpaired) electrons. The van der Waals surface area contributed by atoms with Crippen LogP contribution < -0.4 is 0 Å². The Labute approximate surface area is 115 Å². The maximum atomic E-state index is 13.5. The van der Waals surface area contributed by atoms with E-state index < -0.39 is 0 Å². The molecule has 0 aliphatic rings. The van der Waals surface area contributed by atoms with Crippen molar-refractivity contribution < 1.29 is 9.50 Å². The first-order valence-electron chi connectivity index (χ1n) is 6.81. The zero-order valence-electron chi connectivity index (χ0n) is 11.7. The minimum absolute atomic E-state index is 0.249. The summed E-state index contributed by atoms with van der Waals surface area (Å²) in [6, 6.07) is 5.02. The first-order chi connectivity index (χ1) is 9.21. The van der Waals surface area contributed by atoms with Crippen molar-refractivity contribution in [2.75, 3.05) is 19.7 Å². The van der Waals surface area contributed by atoms with Crippen molar-refractivity contribution in [2.24, 2.45) is 0 Å². The standard InChI is InChI=1S/C16H22FNO/c1-3-5-10-18(4-2)13-14-8-9-16(17)15(12-14)7-6-11-19/h8-9,12,19H,3-5,10-11,13H2,1-2H3. The van der Waals surface area contributed by atoms with E-state index in [1.54, 1.807) is 12.1 Å². The molecule has 3 heteroatoms. The fourth-order valence-electron chi connectivity index (χ4n) is 1.89. The normalized spacial score (nSPS) is 10.4. The SMILES string of the molecule is CCCCN(CC)Cc1ccc(F)c(C#CCO)c1. The lowest BCUT2D eigenvalue weighted by atomic mass is 10.1. The lowest BCUT2D eigenvalue weighted by molar-refractivity contribution is 0.275. The van der Waals surface area contributed by atoms with Gasteiger partial charge in [0.1, 0.15) is 12.4 Å². The summed E-state index contributed by atoms with van der Waals surface area (Å²) in [5.41, 5.74) is 1.42. The maximum Gasteiger partial charge on any atom is 0.138 e. The lowest BCUT2D eigenvalue weighted by Gasteiger charge is -2.20. The smallest absolute Gasteiger partial charge is 0.138 e. The van der Waals surface area contributed by atoms with Crippen LogP contribution >= 0.6 is 0 Å². The van der Waals surface area contributed by atoms with E-state index in [-0.39, 0.29) is 12.4 Å². The Morgan fingerprint density at radius 3 is 2.74 bits per heavy atom. The summed E-state index contributed by atoms with van der Waals surface area (Å²) >= 11 is 0. The number of unbranched alkanes of at least 4 members (excludes halogenated alkanes) is 1. The summed E-state index contributed by atoms with van der Waals surface area (Å²) in [5, 5.41) is 8.66. The van der Waals surface area contributed by atoms with Gasteiger partial charge in [0.05, 0.1) is 5.56 Å². The molecule has 0 amide bonds. The Morgan fingerprint density at radius 2 is 2.11 bits per heavy atom. The van der Waals surface area contributed by atoms with Crippen LogP contribution in [0.15, 0.2) is 18.2 Å². The zero-order chi connectivity index (χ0) is 14.1. The van der Waals surface area contributed by atoms with Crippen molar-refractivity contribution in [3.05, 3.63) is 35.1 Å². The van der Waals surface area contributed by atoms with Crippen molar-refractivity contribution in [2.45, 2.75) is 33.2 Å². The molecular formula is C16H22FNO. The molecule has 1 rings (SSSR count). The quantitative estimate of drug-likeness (QED) is 0.798. The van der Waals surface area contributed by atoms with Gasteiger partial charge in [0, 0.05) is 6.54 Å². The fraction of sp³-hybridized carbons (Fsp3) is 0.500. The number of aliphatic hydroxyl groups is 1. The monoisotopic (exact) mass is 263 g/mol. The summed E-state index contributed by atoms with van der Waals surface area (Å²) in [7, 11) is 0. The first-order valence-corrected chi connectivity index (χ1v) is 6.81. The predicted molar refractivity (Wildman–Crippen MR) is 76.2 cm³/mol. The molecule has 0 unspecified atom stereocenters. The predicted octanol–water partition coefficient (Wildman–Crippen LogP) is 2.79. The molecular weight excluding hydrogens is 241 g/mol. The topological polar surface area (TPSA) is 23.5 Å². The molecule has 0 heterocycles. The summed E-state index contributed by atoms with van der Waals surface area (Å²) in [4.78, 5) is 2.33. The van der Waals surface area contributed by atoms with Gasteiger partial charge in [0.2, 0.25) is 0 Å². The van der Waals surface area contributed by atoms with Gasteiger partial charge in [-0.1, -0.05) is 38.2 Å². The highest BCUT2D eigenvalue weighted by molar-refractivity contribution is 5.38. The van der Waals surface area contributed by atoms with E-state index in [4.69, 9.17) is 5.11 Å². The van der Waals surface area contributed by atoms with E-state index >= 15 is 0 Å². The Hall–Kier alpha value is -1.37. The average Bonchev–Trinajstić information content (AvgIpc) is 2.43. The van der Waals surface area contributed by atoms with Crippen LogP contribution in [0.5, 0.6) is 0 Å². The van der Waals surface area contributed by atoms with Gasteiger partial charge < -0.3 is 5.11 Å². The maximum absolute atomic E-state index is 13.5. The van der Waals surface area contributed by atoms with Crippen LogP contribution in [-0.4, -0.2) is 29.7 Å². The van der Waals surface area contributed by atoms with Gasteiger partial charge in [-0.2, -0.15) is 0 Å². The van der Waals surface area contributed by atoms with Gasteiger partial charge in [-0.05, 0) is 37.2 Å². The van der Waals surface area contributed by atoms with E-state index in [0.717, 1.165) is 25.2 Å². The van der Waals surface area contributed by atoms with Crippen molar-refractivity contribution in [1.29, 1.82) is 0 Å². The number of hydrogen-bond donors (Lipinski definition) is 1. The summed E-state index contributed by atoms with van der Waals surface area (Å²) in [6.07, 6.45) is 2.35. The Morgan fingerprint density at radius 1 is 1.32 bits per heavy atom. The van der Waals surface area contributed by atoms with Crippen molar-refractivity contribution in [3.63, 3.8) is 0 Å². The van der Waals surface area contributed by atoms with Gasteiger partial charge in [-0.3, -0.25) is 4.90 Å². The molecule has 1 N–H and O–H groups in total. The van der Waals surface area contributed by atoms with Crippen LogP contribution in [0.25, 0.3) is 0 Å². The van der Waals surface area contributed by atoms with E-state index in [0.29, 0.717) is 5.56 Å². The molecule has 1 aromatic carbocycles. The van der Waals surface area contributed by atoms with E-state index in [9.17, 15) is 4.39 Å². The molecule has 0 aromatic heterocycles. The van der Waals surface area contributed by atoms with Crippen molar-refractivity contribution in [1.82, 2.24) is 4.90 Å². The van der Waals surface area contributed by atoms with Crippen LogP contribution in [0.1, 0.15) is 37.8 Å². The summed E-state index contributed by atoms with van der Waals surface area (Å²) in [6.45, 7) is 6.91. The number of benzene rings is 1. The van der Waals surface area contributed by atoms with Gasteiger partial charge >= 0.3 is 0 Å². The number of halogens is 1. The Kier molecular flexibility index (Phi) is 7.17. The Bertz CT molecular complexity index is 448. The van der Waals surface area contributed by atoms with Crippen LogP contribution in [0.3, 0.4) is 0 Å². The molecule has 0 saturated carbocycles. The molecule has 0 aliphatic carbocycles. The number of hydrogen-bond acceptors (Lipinski definition) is 2. The fourth-order valence-corrected chi connectivity index (χ4v) is 1.89. The zero-order valence-corrected chi connectivity index (χ0v) is 11.7. The van der Waals surface area contributed by atoms with Gasteiger partial charge in [0.25, 0.3) is 0 Å². The first kappa shape index (κ1) is 15.7.